The molecule has 2 N–H and O–H groups in total. The molecule has 2 aliphatic rings. The van der Waals surface area contributed by atoms with Crippen LogP contribution in [0.4, 0.5) is 0 Å². The van der Waals surface area contributed by atoms with Crippen LogP contribution in [-0.2, 0) is 0 Å². The molecule has 0 amide bonds. The summed E-state index contributed by atoms with van der Waals surface area (Å²) in [5.74, 6) is 0. The molecule has 2 heteroatoms. The van der Waals surface area contributed by atoms with Crippen LogP contribution in [-0.4, -0.2) is 22.4 Å². The fourth-order valence-corrected chi connectivity index (χ4v) is 2.81. The minimum atomic E-state index is -0.876. The SMILES string of the molecule is C=C(CO)C1(O)CCCC2=C1CCC2. The van der Waals surface area contributed by atoms with Crippen LogP contribution in [0.1, 0.15) is 38.5 Å². The summed E-state index contributed by atoms with van der Waals surface area (Å²) in [5, 5.41) is 19.6. The van der Waals surface area contributed by atoms with Crippen LogP contribution in [0.3, 0.4) is 0 Å². The number of hydrogen-bond acceptors (Lipinski definition) is 2. The van der Waals surface area contributed by atoms with Crippen LogP contribution in [0.25, 0.3) is 0 Å². The first-order valence-electron chi connectivity index (χ1n) is 5.41. The van der Waals surface area contributed by atoms with Crippen molar-refractivity contribution in [1.82, 2.24) is 0 Å². The first-order valence-corrected chi connectivity index (χ1v) is 5.41. The molecule has 2 aliphatic carbocycles. The molecule has 0 aromatic rings. The molecule has 0 bridgehead atoms. The second kappa shape index (κ2) is 3.52. The van der Waals surface area contributed by atoms with Crippen LogP contribution in [0.15, 0.2) is 23.3 Å². The highest BCUT2D eigenvalue weighted by Gasteiger charge is 2.39. The largest absolute Gasteiger partial charge is 0.392 e. The Balaban J connectivity index is 2.34. The van der Waals surface area contributed by atoms with Gasteiger partial charge in [0.15, 0.2) is 0 Å². The molecule has 0 aromatic heterocycles. The molecule has 0 saturated heterocycles. The van der Waals surface area contributed by atoms with E-state index in [0.29, 0.717) is 5.57 Å². The number of rotatable bonds is 2. The van der Waals surface area contributed by atoms with Gasteiger partial charge in [-0.25, -0.2) is 0 Å². The molecule has 0 saturated carbocycles. The first kappa shape index (κ1) is 9.94. The summed E-state index contributed by atoms with van der Waals surface area (Å²) in [7, 11) is 0. The zero-order chi connectivity index (χ0) is 10.2. The molecule has 0 radical (unpaired) electrons. The second-order valence-electron chi connectivity index (χ2n) is 4.41. The van der Waals surface area contributed by atoms with Crippen molar-refractivity contribution in [2.24, 2.45) is 0 Å². The number of allylic oxidation sites excluding steroid dienone is 1. The molecule has 2 rings (SSSR count). The first-order chi connectivity index (χ1) is 6.68. The minimum absolute atomic E-state index is 0.104. The van der Waals surface area contributed by atoms with E-state index >= 15 is 0 Å². The Labute approximate surface area is 85.0 Å². The summed E-state index contributed by atoms with van der Waals surface area (Å²) in [5.41, 5.74) is 2.29. The normalized spacial score (nSPS) is 31.9. The summed E-state index contributed by atoms with van der Waals surface area (Å²) in [6, 6.07) is 0. The average Bonchev–Trinajstić information content (AvgIpc) is 2.66. The Hall–Kier alpha value is -0.600. The van der Waals surface area contributed by atoms with E-state index in [2.05, 4.69) is 6.58 Å². The van der Waals surface area contributed by atoms with E-state index in [1.807, 2.05) is 0 Å². The molecular formula is C12H18O2. The summed E-state index contributed by atoms with van der Waals surface area (Å²) in [6.45, 7) is 3.69. The number of aliphatic hydroxyl groups excluding tert-OH is 1. The summed E-state index contributed by atoms with van der Waals surface area (Å²) >= 11 is 0. The van der Waals surface area contributed by atoms with Gasteiger partial charge in [-0.1, -0.05) is 12.2 Å². The van der Waals surface area contributed by atoms with Crippen molar-refractivity contribution in [3.63, 3.8) is 0 Å². The van der Waals surface area contributed by atoms with E-state index in [4.69, 9.17) is 5.11 Å². The fraction of sp³-hybridized carbons (Fsp3) is 0.667. The third-order valence-electron chi connectivity index (χ3n) is 3.62. The molecule has 0 aromatic carbocycles. The van der Waals surface area contributed by atoms with Crippen molar-refractivity contribution in [2.75, 3.05) is 6.61 Å². The monoisotopic (exact) mass is 194 g/mol. The third-order valence-corrected chi connectivity index (χ3v) is 3.62. The van der Waals surface area contributed by atoms with E-state index in [0.717, 1.165) is 38.5 Å². The quantitative estimate of drug-likeness (QED) is 0.659. The van der Waals surface area contributed by atoms with Gasteiger partial charge in [0, 0.05) is 0 Å². The molecule has 2 nitrogen and oxygen atoms in total. The molecule has 0 spiro atoms. The van der Waals surface area contributed by atoms with Crippen molar-refractivity contribution in [2.45, 2.75) is 44.1 Å². The number of hydrogen-bond donors (Lipinski definition) is 2. The predicted molar refractivity (Wildman–Crippen MR) is 55.9 cm³/mol. The van der Waals surface area contributed by atoms with E-state index in [1.165, 1.54) is 11.1 Å². The Morgan fingerprint density at radius 1 is 1.29 bits per heavy atom. The highest BCUT2D eigenvalue weighted by atomic mass is 16.3. The van der Waals surface area contributed by atoms with Crippen molar-refractivity contribution in [1.29, 1.82) is 0 Å². The maximum Gasteiger partial charge on any atom is 0.109 e. The van der Waals surface area contributed by atoms with Crippen molar-refractivity contribution in [3.8, 4) is 0 Å². The topological polar surface area (TPSA) is 40.5 Å². The maximum atomic E-state index is 10.5. The number of aliphatic hydroxyl groups is 2. The van der Waals surface area contributed by atoms with Gasteiger partial charge in [-0.3, -0.25) is 0 Å². The van der Waals surface area contributed by atoms with Gasteiger partial charge in [0.2, 0.25) is 0 Å². The molecule has 0 aliphatic heterocycles. The highest BCUT2D eigenvalue weighted by Crippen LogP contribution is 2.45. The van der Waals surface area contributed by atoms with Crippen molar-refractivity contribution < 1.29 is 10.2 Å². The lowest BCUT2D eigenvalue weighted by Gasteiger charge is -2.35. The van der Waals surface area contributed by atoms with Crippen LogP contribution < -0.4 is 0 Å². The van der Waals surface area contributed by atoms with Gasteiger partial charge in [0.1, 0.15) is 5.60 Å². The predicted octanol–water partition coefficient (Wildman–Crippen LogP) is 1.93. The van der Waals surface area contributed by atoms with Crippen LogP contribution in [0.5, 0.6) is 0 Å². The summed E-state index contributed by atoms with van der Waals surface area (Å²) in [6.07, 6.45) is 6.18. The van der Waals surface area contributed by atoms with Gasteiger partial charge in [-0.2, -0.15) is 0 Å². The minimum Gasteiger partial charge on any atom is -0.392 e. The molecule has 14 heavy (non-hydrogen) atoms. The Morgan fingerprint density at radius 2 is 2.00 bits per heavy atom. The van der Waals surface area contributed by atoms with Crippen LogP contribution in [0, 0.1) is 0 Å². The summed E-state index contributed by atoms with van der Waals surface area (Å²) in [4.78, 5) is 0. The van der Waals surface area contributed by atoms with E-state index in [9.17, 15) is 5.11 Å². The fourth-order valence-electron chi connectivity index (χ4n) is 2.81. The Morgan fingerprint density at radius 3 is 2.71 bits per heavy atom. The lowest BCUT2D eigenvalue weighted by molar-refractivity contribution is 0.0829. The molecule has 78 valence electrons. The third kappa shape index (κ3) is 1.33. The maximum absolute atomic E-state index is 10.5. The van der Waals surface area contributed by atoms with Gasteiger partial charge in [-0.05, 0) is 49.7 Å². The van der Waals surface area contributed by atoms with Gasteiger partial charge in [-0.15, -0.1) is 0 Å². The standard InChI is InChI=1S/C12H18O2/c1-9(8-13)12(14)7-3-5-10-4-2-6-11(10)12/h13-14H,1-8H2. The zero-order valence-corrected chi connectivity index (χ0v) is 8.55. The molecular weight excluding hydrogens is 176 g/mol. The lowest BCUT2D eigenvalue weighted by atomic mass is 9.76. The van der Waals surface area contributed by atoms with E-state index < -0.39 is 5.60 Å². The van der Waals surface area contributed by atoms with Gasteiger partial charge < -0.3 is 10.2 Å². The van der Waals surface area contributed by atoms with Gasteiger partial charge in [0.25, 0.3) is 0 Å². The highest BCUT2D eigenvalue weighted by molar-refractivity contribution is 5.39. The smallest absolute Gasteiger partial charge is 0.109 e. The van der Waals surface area contributed by atoms with Crippen molar-refractivity contribution >= 4 is 0 Å². The lowest BCUT2D eigenvalue weighted by Crippen LogP contribution is -2.36. The van der Waals surface area contributed by atoms with Gasteiger partial charge in [0.05, 0.1) is 6.61 Å². The van der Waals surface area contributed by atoms with Crippen LogP contribution >= 0.6 is 0 Å². The summed E-state index contributed by atoms with van der Waals surface area (Å²) < 4.78 is 0. The Kier molecular flexibility index (Phi) is 2.50. The second-order valence-corrected chi connectivity index (χ2v) is 4.41. The molecule has 1 unspecified atom stereocenters. The van der Waals surface area contributed by atoms with Crippen molar-refractivity contribution in [3.05, 3.63) is 23.3 Å². The zero-order valence-electron chi connectivity index (χ0n) is 8.55. The van der Waals surface area contributed by atoms with E-state index in [1.54, 1.807) is 0 Å². The van der Waals surface area contributed by atoms with E-state index in [-0.39, 0.29) is 6.61 Å². The molecule has 0 fully saturated rings. The Bertz CT molecular complexity index is 291. The molecule has 1 atom stereocenters. The average molecular weight is 194 g/mol. The molecule has 0 heterocycles. The van der Waals surface area contributed by atoms with Gasteiger partial charge >= 0.3 is 0 Å². The van der Waals surface area contributed by atoms with Crippen LogP contribution in [0.2, 0.25) is 0 Å².